The largest absolute Gasteiger partial charge is 0.375 e. The number of piperazine rings is 1. The fourth-order valence-corrected chi connectivity index (χ4v) is 4.69. The number of anilines is 1. The highest BCUT2D eigenvalue weighted by atomic mass is 19.2. The van der Waals surface area contributed by atoms with Crippen molar-refractivity contribution in [1.29, 1.82) is 0 Å². The van der Waals surface area contributed by atoms with E-state index in [1.807, 2.05) is 0 Å². The van der Waals surface area contributed by atoms with Crippen LogP contribution in [0.5, 0.6) is 0 Å². The Balaban J connectivity index is 1.20. The molecule has 1 aromatic carbocycles. The minimum absolute atomic E-state index is 0.0309. The van der Waals surface area contributed by atoms with E-state index < -0.39 is 11.6 Å². The summed E-state index contributed by atoms with van der Waals surface area (Å²) in [5.74, 6) is -0.556. The predicted molar refractivity (Wildman–Crippen MR) is 113 cm³/mol. The number of aromatic nitrogens is 1. The smallest absolute Gasteiger partial charge is 0.246 e. The van der Waals surface area contributed by atoms with Gasteiger partial charge in [-0.1, -0.05) is 5.16 Å². The molecule has 2 aromatic rings. The number of hydrogen-bond donors (Lipinski definition) is 1. The minimum atomic E-state index is -0.925. The molecule has 9 heteroatoms. The molecule has 1 amide bonds. The lowest BCUT2D eigenvalue weighted by Gasteiger charge is -2.36. The number of amides is 1. The Hall–Kier alpha value is -2.26. The second-order valence-electron chi connectivity index (χ2n) is 8.60. The van der Waals surface area contributed by atoms with Crippen LogP contribution >= 0.6 is 0 Å². The number of halogens is 2. The number of ether oxygens (including phenoxy) is 1. The van der Waals surface area contributed by atoms with Crippen LogP contribution in [0.4, 0.5) is 14.6 Å². The average Bonchev–Trinajstić information content (AvgIpc) is 3.16. The first-order valence-electron chi connectivity index (χ1n) is 11.0. The molecule has 1 saturated heterocycles. The molecule has 0 atom stereocenters. The number of rotatable bonds is 7. The Bertz CT molecular complexity index is 890. The number of nitrogens with zero attached hydrogens (tertiary/aromatic N) is 3. The number of methoxy groups -OCH3 is 1. The Labute approximate surface area is 180 Å². The van der Waals surface area contributed by atoms with Crippen molar-refractivity contribution in [2.45, 2.75) is 38.1 Å². The summed E-state index contributed by atoms with van der Waals surface area (Å²) in [7, 11) is 1.53. The van der Waals surface area contributed by atoms with E-state index in [9.17, 15) is 13.6 Å². The second kappa shape index (κ2) is 9.91. The summed E-state index contributed by atoms with van der Waals surface area (Å²) in [4.78, 5) is 16.2. The molecule has 31 heavy (non-hydrogen) atoms. The molecule has 1 aliphatic carbocycles. The van der Waals surface area contributed by atoms with Gasteiger partial charge in [0.15, 0.2) is 23.0 Å². The van der Waals surface area contributed by atoms with E-state index in [0.717, 1.165) is 77.0 Å². The van der Waals surface area contributed by atoms with Gasteiger partial charge in [-0.15, -0.1) is 0 Å². The van der Waals surface area contributed by atoms with Crippen LogP contribution in [0, 0.1) is 17.6 Å². The summed E-state index contributed by atoms with van der Waals surface area (Å²) in [6.45, 7) is 4.54. The number of hydrogen-bond acceptors (Lipinski definition) is 6. The molecular formula is C22H30F2N4O3. The molecular weight excluding hydrogens is 406 g/mol. The lowest BCUT2D eigenvalue weighted by Crippen LogP contribution is -2.47. The first-order valence-corrected chi connectivity index (χ1v) is 11.0. The van der Waals surface area contributed by atoms with Gasteiger partial charge in [0.25, 0.3) is 0 Å². The first kappa shape index (κ1) is 22.0. The van der Waals surface area contributed by atoms with E-state index in [0.29, 0.717) is 17.1 Å². The van der Waals surface area contributed by atoms with Gasteiger partial charge < -0.3 is 19.5 Å². The van der Waals surface area contributed by atoms with E-state index in [2.05, 4.69) is 20.3 Å². The lowest BCUT2D eigenvalue weighted by atomic mass is 9.84. The highest BCUT2D eigenvalue weighted by Crippen LogP contribution is 2.30. The van der Waals surface area contributed by atoms with Gasteiger partial charge in [-0.25, -0.2) is 8.78 Å². The molecule has 1 aromatic heterocycles. The Morgan fingerprint density at radius 2 is 1.87 bits per heavy atom. The summed E-state index contributed by atoms with van der Waals surface area (Å²) in [5.41, 5.74) is 0.269. The maximum atomic E-state index is 13.6. The van der Waals surface area contributed by atoms with Crippen molar-refractivity contribution in [2.24, 2.45) is 5.92 Å². The third-order valence-electron chi connectivity index (χ3n) is 6.51. The summed E-state index contributed by atoms with van der Waals surface area (Å²) < 4.78 is 37.1. The fourth-order valence-electron chi connectivity index (χ4n) is 4.69. The minimum Gasteiger partial charge on any atom is -0.375 e. The van der Waals surface area contributed by atoms with Gasteiger partial charge in [-0.2, -0.15) is 0 Å². The number of benzene rings is 1. The van der Waals surface area contributed by atoms with Crippen LogP contribution in [0.2, 0.25) is 0 Å². The molecule has 2 heterocycles. The quantitative estimate of drug-likeness (QED) is 0.720. The van der Waals surface area contributed by atoms with Crippen LogP contribution in [-0.4, -0.2) is 68.4 Å². The van der Waals surface area contributed by atoms with Crippen molar-refractivity contribution in [3.63, 3.8) is 0 Å². The Morgan fingerprint density at radius 3 is 2.58 bits per heavy atom. The first-order chi connectivity index (χ1) is 15.0. The lowest BCUT2D eigenvalue weighted by molar-refractivity contribution is -0.125. The van der Waals surface area contributed by atoms with Gasteiger partial charge in [-0.05, 0) is 50.6 Å². The maximum Gasteiger partial charge on any atom is 0.246 e. The third-order valence-corrected chi connectivity index (χ3v) is 6.51. The van der Waals surface area contributed by atoms with E-state index in [1.165, 1.54) is 7.11 Å². The number of nitrogens with one attached hydrogen (secondary N) is 1. The third kappa shape index (κ3) is 5.33. The summed E-state index contributed by atoms with van der Waals surface area (Å²) >= 11 is 0. The van der Waals surface area contributed by atoms with E-state index in [4.69, 9.17) is 9.26 Å². The van der Waals surface area contributed by atoms with E-state index in [-0.39, 0.29) is 24.1 Å². The average molecular weight is 437 g/mol. The molecule has 4 rings (SSSR count). The topological polar surface area (TPSA) is 70.8 Å². The van der Waals surface area contributed by atoms with Crippen molar-refractivity contribution >= 4 is 22.7 Å². The molecule has 2 fully saturated rings. The molecule has 2 aliphatic rings. The number of fused-ring (bicyclic) bond motifs is 1. The van der Waals surface area contributed by atoms with Crippen LogP contribution in [0.25, 0.3) is 11.0 Å². The summed E-state index contributed by atoms with van der Waals surface area (Å²) in [5, 5.41) is 7.61. The molecule has 170 valence electrons. The summed E-state index contributed by atoms with van der Waals surface area (Å²) in [6, 6.07) is 2.49. The molecule has 0 bridgehead atoms. The van der Waals surface area contributed by atoms with Crippen LogP contribution in [0.15, 0.2) is 16.7 Å². The standard InChI is InChI=1S/C22H30F2N4O3/c1-30-14-21(29)25-16-4-2-15(3-5-16)6-7-27-8-10-28(11-9-27)22-17-12-18(23)19(24)13-20(17)31-26-22/h12-13,15-16H,2-11,14H2,1H3,(H,25,29). The Morgan fingerprint density at radius 1 is 1.16 bits per heavy atom. The van der Waals surface area contributed by atoms with Gasteiger partial charge in [0.1, 0.15) is 6.61 Å². The molecule has 1 N–H and O–H groups in total. The van der Waals surface area contributed by atoms with Crippen LogP contribution in [-0.2, 0) is 9.53 Å². The van der Waals surface area contributed by atoms with Crippen molar-refractivity contribution in [3.8, 4) is 0 Å². The monoisotopic (exact) mass is 436 g/mol. The molecule has 7 nitrogen and oxygen atoms in total. The van der Waals surface area contributed by atoms with Crippen LogP contribution in [0.3, 0.4) is 0 Å². The number of carbonyl (C=O) groups excluding carboxylic acids is 1. The number of carbonyl (C=O) groups is 1. The normalized spacial score (nSPS) is 22.7. The molecule has 1 saturated carbocycles. The van der Waals surface area contributed by atoms with E-state index in [1.54, 1.807) is 0 Å². The van der Waals surface area contributed by atoms with Crippen molar-refractivity contribution < 1.29 is 22.8 Å². The van der Waals surface area contributed by atoms with Gasteiger partial charge in [0.2, 0.25) is 5.91 Å². The van der Waals surface area contributed by atoms with E-state index >= 15 is 0 Å². The molecule has 1 aliphatic heterocycles. The van der Waals surface area contributed by atoms with Crippen LogP contribution in [0.1, 0.15) is 32.1 Å². The van der Waals surface area contributed by atoms with Gasteiger partial charge in [0.05, 0.1) is 5.39 Å². The zero-order valence-electron chi connectivity index (χ0n) is 17.9. The van der Waals surface area contributed by atoms with Crippen LogP contribution < -0.4 is 10.2 Å². The zero-order chi connectivity index (χ0) is 21.8. The fraction of sp³-hybridized carbons (Fsp3) is 0.636. The molecule has 0 spiro atoms. The molecule has 0 radical (unpaired) electrons. The van der Waals surface area contributed by atoms with Gasteiger partial charge >= 0.3 is 0 Å². The highest BCUT2D eigenvalue weighted by molar-refractivity contribution is 5.88. The summed E-state index contributed by atoms with van der Waals surface area (Å²) in [6.07, 6.45) is 5.51. The predicted octanol–water partition coefficient (Wildman–Crippen LogP) is 2.94. The van der Waals surface area contributed by atoms with Crippen molar-refractivity contribution in [3.05, 3.63) is 23.8 Å². The van der Waals surface area contributed by atoms with Crippen molar-refractivity contribution in [1.82, 2.24) is 15.4 Å². The maximum absolute atomic E-state index is 13.6. The zero-order valence-corrected chi connectivity index (χ0v) is 17.9. The SMILES string of the molecule is COCC(=O)NC1CCC(CCN2CCN(c3noc4cc(F)c(F)cc34)CC2)CC1. The van der Waals surface area contributed by atoms with Gasteiger partial charge in [0, 0.05) is 45.4 Å². The van der Waals surface area contributed by atoms with Gasteiger partial charge in [-0.3, -0.25) is 9.69 Å². The molecule has 0 unspecified atom stereocenters. The highest BCUT2D eigenvalue weighted by Gasteiger charge is 2.25. The Kier molecular flexibility index (Phi) is 7.02. The van der Waals surface area contributed by atoms with Crippen molar-refractivity contribution in [2.75, 3.05) is 51.3 Å². The second-order valence-corrected chi connectivity index (χ2v) is 8.60.